The Kier molecular flexibility index (Phi) is 6.06. The monoisotopic (exact) mass is 438 g/mol. The van der Waals surface area contributed by atoms with Gasteiger partial charge in [0, 0.05) is 49.6 Å². The van der Waals surface area contributed by atoms with Crippen LogP contribution in [0, 0.1) is 0 Å². The summed E-state index contributed by atoms with van der Waals surface area (Å²) in [5, 5.41) is 5.38. The quantitative estimate of drug-likeness (QED) is 0.609. The number of fused-ring (bicyclic) bond motifs is 1. The SMILES string of the molecule is COc1cccc2cc(C(=O)N3CCN(CCn4nc(C(C)(C)C)ccc4=O)CC3)oc12. The van der Waals surface area contributed by atoms with Crippen molar-refractivity contribution in [3.8, 4) is 5.75 Å². The summed E-state index contributed by atoms with van der Waals surface area (Å²) in [6.45, 7) is 10.2. The van der Waals surface area contributed by atoms with Gasteiger partial charge in [-0.2, -0.15) is 5.10 Å². The maximum absolute atomic E-state index is 12.9. The molecule has 3 aromatic rings. The first kappa shape index (κ1) is 22.1. The summed E-state index contributed by atoms with van der Waals surface area (Å²) in [6.07, 6.45) is 0. The van der Waals surface area contributed by atoms with E-state index < -0.39 is 0 Å². The van der Waals surface area contributed by atoms with Crippen LogP contribution in [0.4, 0.5) is 0 Å². The van der Waals surface area contributed by atoms with E-state index in [1.807, 2.05) is 23.1 Å². The van der Waals surface area contributed by atoms with Gasteiger partial charge in [0.05, 0.1) is 19.3 Å². The Hall–Kier alpha value is -3.13. The van der Waals surface area contributed by atoms with E-state index in [9.17, 15) is 9.59 Å². The minimum atomic E-state index is -0.112. The topological polar surface area (TPSA) is 80.8 Å². The second-order valence-corrected chi connectivity index (χ2v) is 9.15. The molecule has 1 saturated heterocycles. The summed E-state index contributed by atoms with van der Waals surface area (Å²) in [5.74, 6) is 0.831. The first-order valence-electron chi connectivity index (χ1n) is 10.9. The molecule has 1 aromatic carbocycles. The highest BCUT2D eigenvalue weighted by Crippen LogP contribution is 2.29. The van der Waals surface area contributed by atoms with Gasteiger partial charge < -0.3 is 14.1 Å². The van der Waals surface area contributed by atoms with Gasteiger partial charge in [0.1, 0.15) is 0 Å². The van der Waals surface area contributed by atoms with E-state index in [1.54, 1.807) is 30.0 Å². The first-order chi connectivity index (χ1) is 15.3. The maximum atomic E-state index is 12.9. The summed E-state index contributed by atoms with van der Waals surface area (Å²) in [6, 6.07) is 10.8. The van der Waals surface area contributed by atoms with Crippen LogP contribution in [0.15, 0.2) is 45.6 Å². The van der Waals surface area contributed by atoms with E-state index in [4.69, 9.17) is 9.15 Å². The van der Waals surface area contributed by atoms with Gasteiger partial charge in [-0.1, -0.05) is 32.9 Å². The van der Waals surface area contributed by atoms with Crippen LogP contribution in [0.25, 0.3) is 11.0 Å². The zero-order valence-corrected chi connectivity index (χ0v) is 19.1. The van der Waals surface area contributed by atoms with Crippen LogP contribution >= 0.6 is 0 Å². The smallest absolute Gasteiger partial charge is 0.289 e. The molecular formula is C24H30N4O4. The maximum Gasteiger partial charge on any atom is 0.289 e. The van der Waals surface area contributed by atoms with Crippen molar-refractivity contribution in [1.82, 2.24) is 19.6 Å². The van der Waals surface area contributed by atoms with Crippen LogP contribution < -0.4 is 10.3 Å². The molecule has 170 valence electrons. The predicted octanol–water partition coefficient (Wildman–Crippen LogP) is 2.75. The molecule has 0 radical (unpaired) electrons. The zero-order chi connectivity index (χ0) is 22.9. The summed E-state index contributed by atoms with van der Waals surface area (Å²) >= 11 is 0. The Labute approximate surface area is 187 Å². The third-order valence-corrected chi connectivity index (χ3v) is 5.86. The fourth-order valence-electron chi connectivity index (χ4n) is 3.88. The molecule has 0 N–H and O–H groups in total. The summed E-state index contributed by atoms with van der Waals surface area (Å²) in [5.41, 5.74) is 1.29. The predicted molar refractivity (Wildman–Crippen MR) is 122 cm³/mol. The highest BCUT2D eigenvalue weighted by Gasteiger charge is 2.25. The Balaban J connectivity index is 1.36. The van der Waals surface area contributed by atoms with E-state index in [0.717, 1.165) is 24.2 Å². The number of hydrogen-bond donors (Lipinski definition) is 0. The van der Waals surface area contributed by atoms with Crippen LogP contribution in [0.2, 0.25) is 0 Å². The number of methoxy groups -OCH3 is 1. The molecule has 1 amide bonds. The number of rotatable bonds is 5. The van der Waals surface area contributed by atoms with E-state index in [0.29, 0.717) is 43.3 Å². The fraction of sp³-hybridized carbons (Fsp3) is 0.458. The van der Waals surface area contributed by atoms with Gasteiger partial charge in [-0.25, -0.2) is 4.68 Å². The molecule has 0 spiro atoms. The molecule has 8 nitrogen and oxygen atoms in total. The molecule has 1 aliphatic rings. The Morgan fingerprint density at radius 3 is 2.53 bits per heavy atom. The van der Waals surface area contributed by atoms with Gasteiger partial charge in [-0.05, 0) is 18.2 Å². The van der Waals surface area contributed by atoms with Crippen molar-refractivity contribution in [3.05, 3.63) is 58.2 Å². The molecule has 32 heavy (non-hydrogen) atoms. The van der Waals surface area contributed by atoms with Crippen molar-refractivity contribution in [3.63, 3.8) is 0 Å². The molecule has 0 bridgehead atoms. The lowest BCUT2D eigenvalue weighted by Gasteiger charge is -2.34. The van der Waals surface area contributed by atoms with Crippen LogP contribution in [0.3, 0.4) is 0 Å². The van der Waals surface area contributed by atoms with Crippen LogP contribution in [0.5, 0.6) is 5.75 Å². The molecule has 0 unspecified atom stereocenters. The van der Waals surface area contributed by atoms with Gasteiger partial charge in [-0.15, -0.1) is 0 Å². The minimum Gasteiger partial charge on any atom is -0.493 e. The molecule has 0 aliphatic carbocycles. The van der Waals surface area contributed by atoms with Crippen LogP contribution in [-0.4, -0.2) is 65.3 Å². The molecule has 2 aromatic heterocycles. The van der Waals surface area contributed by atoms with Crippen LogP contribution in [0.1, 0.15) is 37.0 Å². The number of carbonyl (C=O) groups excluding carboxylic acids is 1. The molecule has 1 aliphatic heterocycles. The van der Waals surface area contributed by atoms with Crippen molar-refractivity contribution in [1.29, 1.82) is 0 Å². The van der Waals surface area contributed by atoms with E-state index >= 15 is 0 Å². The summed E-state index contributed by atoms with van der Waals surface area (Å²) in [4.78, 5) is 29.2. The second-order valence-electron chi connectivity index (χ2n) is 9.15. The van der Waals surface area contributed by atoms with Gasteiger partial charge in [0.15, 0.2) is 17.1 Å². The van der Waals surface area contributed by atoms with E-state index in [1.165, 1.54) is 0 Å². The average molecular weight is 439 g/mol. The zero-order valence-electron chi connectivity index (χ0n) is 19.1. The second kappa shape index (κ2) is 8.78. The number of aromatic nitrogens is 2. The van der Waals surface area contributed by atoms with Crippen molar-refractivity contribution in [2.75, 3.05) is 39.8 Å². The summed E-state index contributed by atoms with van der Waals surface area (Å²) < 4.78 is 12.7. The number of furan rings is 1. The number of carbonyl (C=O) groups is 1. The van der Waals surface area contributed by atoms with Crippen molar-refractivity contribution in [2.24, 2.45) is 0 Å². The number of amides is 1. The Morgan fingerprint density at radius 1 is 1.09 bits per heavy atom. The van der Waals surface area contributed by atoms with Gasteiger partial charge in [0.25, 0.3) is 11.5 Å². The number of nitrogens with zero attached hydrogens (tertiary/aromatic N) is 4. The summed E-state index contributed by atoms with van der Waals surface area (Å²) in [7, 11) is 1.58. The van der Waals surface area contributed by atoms with E-state index in [-0.39, 0.29) is 16.9 Å². The molecule has 8 heteroatoms. The lowest BCUT2D eigenvalue weighted by molar-refractivity contribution is 0.0603. The lowest BCUT2D eigenvalue weighted by atomic mass is 9.92. The number of hydrogen-bond acceptors (Lipinski definition) is 6. The molecule has 4 rings (SSSR count). The molecule has 1 fully saturated rings. The van der Waals surface area contributed by atoms with Gasteiger partial charge in [0.2, 0.25) is 0 Å². The lowest BCUT2D eigenvalue weighted by Crippen LogP contribution is -2.49. The minimum absolute atomic E-state index is 0.0906. The van der Waals surface area contributed by atoms with Crippen molar-refractivity contribution >= 4 is 16.9 Å². The fourth-order valence-corrected chi connectivity index (χ4v) is 3.88. The standard InChI is InChI=1S/C24H30N4O4/c1-24(2,3)20-8-9-21(29)28(25-20)15-12-26-10-13-27(14-11-26)23(30)19-16-17-6-5-7-18(31-4)22(17)32-19/h5-9,16H,10-15H2,1-4H3. The Bertz CT molecular complexity index is 1170. The number of piperazine rings is 1. The number of benzene rings is 1. The Morgan fingerprint density at radius 2 is 1.84 bits per heavy atom. The average Bonchev–Trinajstić information content (AvgIpc) is 3.22. The van der Waals surface area contributed by atoms with Crippen molar-refractivity contribution in [2.45, 2.75) is 32.7 Å². The third-order valence-electron chi connectivity index (χ3n) is 5.86. The molecular weight excluding hydrogens is 408 g/mol. The van der Waals surface area contributed by atoms with Gasteiger partial charge in [-0.3, -0.25) is 14.5 Å². The normalized spacial score (nSPS) is 15.3. The number of para-hydroxylation sites is 1. The molecule has 0 saturated carbocycles. The van der Waals surface area contributed by atoms with Crippen LogP contribution in [-0.2, 0) is 12.0 Å². The van der Waals surface area contributed by atoms with Crippen molar-refractivity contribution < 1.29 is 13.9 Å². The highest BCUT2D eigenvalue weighted by molar-refractivity contribution is 5.97. The largest absolute Gasteiger partial charge is 0.493 e. The highest BCUT2D eigenvalue weighted by atomic mass is 16.5. The van der Waals surface area contributed by atoms with Gasteiger partial charge >= 0.3 is 0 Å². The third kappa shape index (κ3) is 4.55. The first-order valence-corrected chi connectivity index (χ1v) is 10.9. The molecule has 3 heterocycles. The molecule has 0 atom stereocenters. The number of ether oxygens (including phenoxy) is 1. The van der Waals surface area contributed by atoms with E-state index in [2.05, 4.69) is 30.8 Å².